The normalized spacial score (nSPS) is 10.1. The van der Waals surface area contributed by atoms with Crippen molar-refractivity contribution >= 4 is 21.6 Å². The number of hydrogen-bond acceptors (Lipinski definition) is 3. The van der Waals surface area contributed by atoms with Gasteiger partial charge in [0.25, 0.3) is 5.69 Å². The predicted molar refractivity (Wildman–Crippen MR) is 71.6 cm³/mol. The zero-order chi connectivity index (χ0) is 13.0. The van der Waals surface area contributed by atoms with E-state index in [-0.39, 0.29) is 12.3 Å². The van der Waals surface area contributed by atoms with Gasteiger partial charge in [-0.05, 0) is 24.3 Å². The first-order valence-corrected chi connectivity index (χ1v) is 6.07. The minimum Gasteiger partial charge on any atom is -0.489 e. The van der Waals surface area contributed by atoms with Gasteiger partial charge in [-0.25, -0.2) is 0 Å². The molecule has 0 saturated heterocycles. The average Bonchev–Trinajstić information content (AvgIpc) is 2.38. The van der Waals surface area contributed by atoms with Crippen LogP contribution >= 0.6 is 15.9 Å². The van der Waals surface area contributed by atoms with Crippen molar-refractivity contribution in [2.24, 2.45) is 0 Å². The van der Waals surface area contributed by atoms with E-state index in [9.17, 15) is 10.1 Å². The van der Waals surface area contributed by atoms with E-state index < -0.39 is 4.92 Å². The summed E-state index contributed by atoms with van der Waals surface area (Å²) in [7, 11) is 0. The topological polar surface area (TPSA) is 52.4 Å². The molecule has 0 heterocycles. The molecular weight excluding hydrogens is 298 g/mol. The Labute approximate surface area is 112 Å². The van der Waals surface area contributed by atoms with Crippen molar-refractivity contribution in [1.29, 1.82) is 0 Å². The Kier molecular flexibility index (Phi) is 3.94. The number of nitro benzene ring substituents is 1. The van der Waals surface area contributed by atoms with E-state index in [4.69, 9.17) is 4.74 Å². The van der Waals surface area contributed by atoms with E-state index in [2.05, 4.69) is 15.9 Å². The second-order valence-corrected chi connectivity index (χ2v) is 4.55. The number of nitro groups is 1. The summed E-state index contributed by atoms with van der Waals surface area (Å²) in [6.45, 7) is 0.174. The highest BCUT2D eigenvalue weighted by atomic mass is 79.9. The first-order valence-electron chi connectivity index (χ1n) is 5.27. The molecule has 0 bridgehead atoms. The van der Waals surface area contributed by atoms with Crippen LogP contribution in [-0.4, -0.2) is 4.92 Å². The first kappa shape index (κ1) is 12.6. The Morgan fingerprint density at radius 2 is 1.89 bits per heavy atom. The summed E-state index contributed by atoms with van der Waals surface area (Å²) >= 11 is 3.22. The lowest BCUT2D eigenvalue weighted by Gasteiger charge is -2.06. The molecule has 4 nitrogen and oxygen atoms in total. The van der Waals surface area contributed by atoms with Crippen LogP contribution in [0.15, 0.2) is 53.0 Å². The molecule has 0 radical (unpaired) electrons. The number of benzene rings is 2. The Hall–Kier alpha value is -1.88. The fraction of sp³-hybridized carbons (Fsp3) is 0.0769. The number of ether oxygens (including phenoxy) is 1. The fourth-order valence-corrected chi connectivity index (χ4v) is 1.86. The highest BCUT2D eigenvalue weighted by Crippen LogP contribution is 2.24. The molecule has 0 aliphatic rings. The molecule has 0 saturated carbocycles. The van der Waals surface area contributed by atoms with Crippen LogP contribution < -0.4 is 4.74 Å². The Morgan fingerprint density at radius 1 is 1.17 bits per heavy atom. The van der Waals surface area contributed by atoms with Crippen LogP contribution in [0.1, 0.15) is 5.56 Å². The number of halogens is 1. The molecule has 0 N–H and O–H groups in total. The largest absolute Gasteiger partial charge is 0.489 e. The van der Waals surface area contributed by atoms with Crippen molar-refractivity contribution in [3.8, 4) is 5.75 Å². The van der Waals surface area contributed by atoms with Gasteiger partial charge in [0.05, 0.1) is 10.5 Å². The standard InChI is InChI=1S/C13H10BrNO3/c14-11-7-6-10(13(8-11)15(16)17)9-18-12-4-2-1-3-5-12/h1-8H,9H2. The minimum atomic E-state index is -0.408. The van der Waals surface area contributed by atoms with Crippen LogP contribution in [-0.2, 0) is 6.61 Å². The van der Waals surface area contributed by atoms with Crippen LogP contribution in [0.3, 0.4) is 0 Å². The van der Waals surface area contributed by atoms with Crippen molar-refractivity contribution in [3.63, 3.8) is 0 Å². The molecule has 0 amide bonds. The summed E-state index contributed by atoms with van der Waals surface area (Å²) in [4.78, 5) is 10.5. The average molecular weight is 308 g/mol. The van der Waals surface area contributed by atoms with Crippen molar-refractivity contribution in [2.45, 2.75) is 6.61 Å². The van der Waals surface area contributed by atoms with Gasteiger partial charge in [0, 0.05) is 10.5 Å². The minimum absolute atomic E-state index is 0.0558. The molecule has 2 aromatic carbocycles. The summed E-state index contributed by atoms with van der Waals surface area (Å²) in [5.74, 6) is 0.690. The van der Waals surface area contributed by atoms with Gasteiger partial charge in [0.15, 0.2) is 0 Å². The number of para-hydroxylation sites is 1. The second kappa shape index (κ2) is 5.64. The van der Waals surface area contributed by atoms with Crippen molar-refractivity contribution in [1.82, 2.24) is 0 Å². The van der Waals surface area contributed by atoms with Crippen LogP contribution in [0, 0.1) is 10.1 Å². The quantitative estimate of drug-likeness (QED) is 0.635. The monoisotopic (exact) mass is 307 g/mol. The zero-order valence-electron chi connectivity index (χ0n) is 9.38. The Balaban J connectivity index is 2.17. The molecule has 2 rings (SSSR count). The van der Waals surface area contributed by atoms with E-state index in [0.717, 1.165) is 0 Å². The molecule has 0 spiro atoms. The zero-order valence-corrected chi connectivity index (χ0v) is 11.0. The maximum atomic E-state index is 10.9. The number of rotatable bonds is 4. The molecule has 0 aliphatic carbocycles. The van der Waals surface area contributed by atoms with E-state index >= 15 is 0 Å². The van der Waals surface area contributed by atoms with Gasteiger partial charge >= 0.3 is 0 Å². The molecule has 0 unspecified atom stereocenters. The maximum Gasteiger partial charge on any atom is 0.277 e. The highest BCUT2D eigenvalue weighted by Gasteiger charge is 2.14. The van der Waals surface area contributed by atoms with Gasteiger partial charge in [-0.1, -0.05) is 34.1 Å². The molecule has 0 fully saturated rings. The number of hydrogen-bond donors (Lipinski definition) is 0. The van der Waals surface area contributed by atoms with Crippen LogP contribution in [0.5, 0.6) is 5.75 Å². The summed E-state index contributed by atoms with van der Waals surface area (Å²) in [6.07, 6.45) is 0. The molecule has 2 aromatic rings. The van der Waals surface area contributed by atoms with Crippen LogP contribution in [0.25, 0.3) is 0 Å². The van der Waals surface area contributed by atoms with Crippen LogP contribution in [0.4, 0.5) is 5.69 Å². The summed E-state index contributed by atoms with van der Waals surface area (Å²) in [6, 6.07) is 14.1. The first-order chi connectivity index (χ1) is 8.66. The molecular formula is C13H10BrNO3. The molecule has 0 aliphatic heterocycles. The van der Waals surface area contributed by atoms with E-state index in [1.54, 1.807) is 12.1 Å². The molecule has 0 atom stereocenters. The Morgan fingerprint density at radius 3 is 2.56 bits per heavy atom. The third-order valence-electron chi connectivity index (χ3n) is 2.38. The van der Waals surface area contributed by atoms with Crippen molar-refractivity contribution in [2.75, 3.05) is 0 Å². The number of nitrogens with zero attached hydrogens (tertiary/aromatic N) is 1. The highest BCUT2D eigenvalue weighted by molar-refractivity contribution is 9.10. The van der Waals surface area contributed by atoms with Gasteiger partial charge in [0.2, 0.25) is 0 Å². The molecule has 18 heavy (non-hydrogen) atoms. The predicted octanol–water partition coefficient (Wildman–Crippen LogP) is 3.94. The third-order valence-corrected chi connectivity index (χ3v) is 2.87. The van der Waals surface area contributed by atoms with Crippen molar-refractivity contribution in [3.05, 3.63) is 68.7 Å². The van der Waals surface area contributed by atoms with Gasteiger partial charge in [-0.15, -0.1) is 0 Å². The van der Waals surface area contributed by atoms with E-state index in [1.807, 2.05) is 30.3 Å². The van der Waals surface area contributed by atoms with E-state index in [1.165, 1.54) is 6.07 Å². The van der Waals surface area contributed by atoms with Gasteiger partial charge in [-0.3, -0.25) is 10.1 Å². The summed E-state index contributed by atoms with van der Waals surface area (Å²) < 4.78 is 6.18. The lowest BCUT2D eigenvalue weighted by molar-refractivity contribution is -0.385. The molecule has 0 aromatic heterocycles. The van der Waals surface area contributed by atoms with Gasteiger partial charge in [-0.2, -0.15) is 0 Å². The third kappa shape index (κ3) is 3.07. The van der Waals surface area contributed by atoms with Crippen molar-refractivity contribution < 1.29 is 9.66 Å². The summed E-state index contributed by atoms with van der Waals surface area (Å²) in [5.41, 5.74) is 0.604. The smallest absolute Gasteiger partial charge is 0.277 e. The molecule has 5 heteroatoms. The SMILES string of the molecule is O=[N+]([O-])c1cc(Br)ccc1COc1ccccc1. The van der Waals surface area contributed by atoms with Gasteiger partial charge < -0.3 is 4.74 Å². The second-order valence-electron chi connectivity index (χ2n) is 3.63. The lowest BCUT2D eigenvalue weighted by atomic mass is 10.2. The Bertz CT molecular complexity index is 557. The van der Waals surface area contributed by atoms with Crippen LogP contribution in [0.2, 0.25) is 0 Å². The fourth-order valence-electron chi connectivity index (χ4n) is 1.51. The maximum absolute atomic E-state index is 10.9. The molecule has 92 valence electrons. The lowest BCUT2D eigenvalue weighted by Crippen LogP contribution is -2.00. The van der Waals surface area contributed by atoms with E-state index in [0.29, 0.717) is 15.8 Å². The summed E-state index contributed by atoms with van der Waals surface area (Å²) in [5, 5.41) is 10.9. The van der Waals surface area contributed by atoms with Gasteiger partial charge in [0.1, 0.15) is 12.4 Å².